The zero-order chi connectivity index (χ0) is 17.0. The number of rotatable bonds is 6. The van der Waals surface area contributed by atoms with Crippen molar-refractivity contribution in [3.8, 4) is 0 Å². The summed E-state index contributed by atoms with van der Waals surface area (Å²) in [5.41, 5.74) is 1.41. The Morgan fingerprint density at radius 3 is 2.22 bits per heavy atom. The molecule has 122 valence electrons. The molecule has 0 aliphatic rings. The zero-order valence-electron chi connectivity index (χ0n) is 12.4. The van der Waals surface area contributed by atoms with Crippen molar-refractivity contribution in [1.82, 2.24) is 4.72 Å². The minimum atomic E-state index is -3.95. The molecule has 0 radical (unpaired) electrons. The number of halogens is 1. The van der Waals surface area contributed by atoms with Crippen LogP contribution in [0.2, 0.25) is 0 Å². The largest absolute Gasteiger partial charge is 0.480 e. The maximum atomic E-state index is 12.9. The fourth-order valence-electron chi connectivity index (χ4n) is 2.01. The van der Waals surface area contributed by atoms with Crippen LogP contribution in [0.5, 0.6) is 0 Å². The number of benzene rings is 2. The number of hydrogen-bond acceptors (Lipinski definition) is 3. The fourth-order valence-corrected chi connectivity index (χ4v) is 3.20. The monoisotopic (exact) mass is 337 g/mol. The molecular formula is C16H16FNO4S. The van der Waals surface area contributed by atoms with E-state index < -0.39 is 27.9 Å². The molecule has 0 fully saturated rings. The van der Waals surface area contributed by atoms with Crippen LogP contribution < -0.4 is 4.72 Å². The Bertz CT molecular complexity index is 786. The van der Waals surface area contributed by atoms with Crippen molar-refractivity contribution in [3.05, 3.63) is 65.5 Å². The third-order valence-electron chi connectivity index (χ3n) is 3.28. The van der Waals surface area contributed by atoms with Gasteiger partial charge in [0, 0.05) is 0 Å². The summed E-state index contributed by atoms with van der Waals surface area (Å²) < 4.78 is 39.6. The summed E-state index contributed by atoms with van der Waals surface area (Å²) in [6, 6.07) is 9.98. The Balaban J connectivity index is 2.20. The number of aryl methyl sites for hydroxylation is 1. The lowest BCUT2D eigenvalue weighted by atomic mass is 10.1. The summed E-state index contributed by atoms with van der Waals surface area (Å²) in [7, 11) is -3.95. The van der Waals surface area contributed by atoms with Crippen LogP contribution in [-0.4, -0.2) is 25.5 Å². The van der Waals surface area contributed by atoms with Gasteiger partial charge in [0.1, 0.15) is 11.9 Å². The van der Waals surface area contributed by atoms with E-state index in [-0.39, 0.29) is 11.3 Å². The molecule has 0 aliphatic carbocycles. The molecule has 0 saturated heterocycles. The summed E-state index contributed by atoms with van der Waals surface area (Å²) in [5, 5.41) is 9.24. The first kappa shape index (κ1) is 17.1. The Kier molecular flexibility index (Phi) is 5.12. The van der Waals surface area contributed by atoms with Crippen molar-refractivity contribution in [2.75, 3.05) is 0 Å². The summed E-state index contributed by atoms with van der Waals surface area (Å²) in [6.45, 7) is 1.82. The van der Waals surface area contributed by atoms with E-state index in [0.29, 0.717) is 5.56 Å². The van der Waals surface area contributed by atoms with Gasteiger partial charge in [0.05, 0.1) is 4.90 Å². The average Bonchev–Trinajstić information content (AvgIpc) is 2.49. The van der Waals surface area contributed by atoms with Crippen LogP contribution in [0.4, 0.5) is 4.39 Å². The second kappa shape index (κ2) is 6.89. The second-order valence-electron chi connectivity index (χ2n) is 5.16. The van der Waals surface area contributed by atoms with Crippen molar-refractivity contribution in [1.29, 1.82) is 0 Å². The summed E-state index contributed by atoms with van der Waals surface area (Å²) in [4.78, 5) is 11.3. The SMILES string of the molecule is Cc1ccc(S(=O)(=O)N[C@H](Cc2ccc(F)cc2)C(=O)O)cc1. The highest BCUT2D eigenvalue weighted by Crippen LogP contribution is 2.13. The van der Waals surface area contributed by atoms with E-state index in [0.717, 1.165) is 5.56 Å². The number of carbonyl (C=O) groups is 1. The van der Waals surface area contributed by atoms with Crippen LogP contribution in [0.3, 0.4) is 0 Å². The van der Waals surface area contributed by atoms with E-state index >= 15 is 0 Å². The van der Waals surface area contributed by atoms with E-state index in [1.54, 1.807) is 12.1 Å². The van der Waals surface area contributed by atoms with Gasteiger partial charge >= 0.3 is 5.97 Å². The molecule has 0 unspecified atom stereocenters. The second-order valence-corrected chi connectivity index (χ2v) is 6.87. The standard InChI is InChI=1S/C16H16FNO4S/c1-11-2-8-14(9-3-11)23(21,22)18-15(16(19)20)10-12-4-6-13(17)7-5-12/h2-9,15,18H,10H2,1H3,(H,19,20)/t15-/m1/s1. The number of nitrogens with one attached hydrogen (secondary N) is 1. The minimum absolute atomic E-state index is 0.00606. The molecule has 0 bridgehead atoms. The van der Waals surface area contributed by atoms with Gasteiger partial charge < -0.3 is 5.11 Å². The van der Waals surface area contributed by atoms with Crippen LogP contribution in [0.15, 0.2) is 53.4 Å². The van der Waals surface area contributed by atoms with Gasteiger partial charge in [0.25, 0.3) is 0 Å². The smallest absolute Gasteiger partial charge is 0.322 e. The van der Waals surface area contributed by atoms with Gasteiger partial charge in [0.15, 0.2) is 0 Å². The highest BCUT2D eigenvalue weighted by molar-refractivity contribution is 7.89. The Hall–Kier alpha value is -2.25. The first-order valence-electron chi connectivity index (χ1n) is 6.84. The zero-order valence-corrected chi connectivity index (χ0v) is 13.2. The molecule has 7 heteroatoms. The molecule has 0 amide bonds. The van der Waals surface area contributed by atoms with E-state index in [2.05, 4.69) is 4.72 Å². The third kappa shape index (κ3) is 4.61. The minimum Gasteiger partial charge on any atom is -0.480 e. The van der Waals surface area contributed by atoms with E-state index in [4.69, 9.17) is 0 Å². The predicted molar refractivity (Wildman–Crippen MR) is 83.0 cm³/mol. The Morgan fingerprint density at radius 2 is 1.70 bits per heavy atom. The Morgan fingerprint density at radius 1 is 1.13 bits per heavy atom. The van der Waals surface area contributed by atoms with Crippen LogP contribution in [-0.2, 0) is 21.2 Å². The molecule has 0 spiro atoms. The molecule has 23 heavy (non-hydrogen) atoms. The maximum Gasteiger partial charge on any atom is 0.322 e. The molecule has 2 aromatic carbocycles. The summed E-state index contributed by atoms with van der Waals surface area (Å²) in [6.07, 6.45) is -0.0826. The van der Waals surface area contributed by atoms with E-state index in [9.17, 15) is 22.7 Å². The first-order valence-corrected chi connectivity index (χ1v) is 8.32. The molecule has 1 atom stereocenters. The van der Waals surface area contributed by atoms with E-state index in [1.807, 2.05) is 6.92 Å². The molecule has 2 N–H and O–H groups in total. The molecule has 5 nitrogen and oxygen atoms in total. The normalized spacial score (nSPS) is 12.8. The predicted octanol–water partition coefficient (Wildman–Crippen LogP) is 2.11. The van der Waals surface area contributed by atoms with Crippen molar-refractivity contribution in [2.45, 2.75) is 24.3 Å². The van der Waals surface area contributed by atoms with Crippen LogP contribution in [0.1, 0.15) is 11.1 Å². The van der Waals surface area contributed by atoms with Gasteiger partial charge in [-0.3, -0.25) is 4.79 Å². The summed E-state index contributed by atoms with van der Waals surface area (Å²) in [5.74, 6) is -1.74. The number of carboxylic acids is 1. The Labute approximate surface area is 133 Å². The number of hydrogen-bond donors (Lipinski definition) is 2. The third-order valence-corrected chi connectivity index (χ3v) is 4.77. The lowest BCUT2D eigenvalue weighted by Crippen LogP contribution is -2.42. The molecule has 0 aliphatic heterocycles. The maximum absolute atomic E-state index is 12.9. The highest BCUT2D eigenvalue weighted by atomic mass is 32.2. The van der Waals surface area contributed by atoms with E-state index in [1.165, 1.54) is 36.4 Å². The molecular weight excluding hydrogens is 321 g/mol. The fraction of sp³-hybridized carbons (Fsp3) is 0.188. The molecule has 2 rings (SSSR count). The van der Waals surface area contributed by atoms with Crippen LogP contribution >= 0.6 is 0 Å². The summed E-state index contributed by atoms with van der Waals surface area (Å²) >= 11 is 0. The van der Waals surface area contributed by atoms with Crippen LogP contribution in [0, 0.1) is 12.7 Å². The number of carboxylic acid groups (broad SMARTS) is 1. The van der Waals surface area contributed by atoms with Gasteiger partial charge in [-0.2, -0.15) is 4.72 Å². The van der Waals surface area contributed by atoms with Crippen LogP contribution in [0.25, 0.3) is 0 Å². The molecule has 2 aromatic rings. The van der Waals surface area contributed by atoms with Crippen molar-refractivity contribution >= 4 is 16.0 Å². The lowest BCUT2D eigenvalue weighted by molar-refractivity contribution is -0.138. The van der Waals surface area contributed by atoms with Gasteiger partial charge in [-0.25, -0.2) is 12.8 Å². The molecule has 0 saturated carbocycles. The molecule has 0 heterocycles. The van der Waals surface area contributed by atoms with Gasteiger partial charge in [0.2, 0.25) is 10.0 Å². The average molecular weight is 337 g/mol. The quantitative estimate of drug-likeness (QED) is 0.846. The van der Waals surface area contributed by atoms with Crippen molar-refractivity contribution in [2.24, 2.45) is 0 Å². The highest BCUT2D eigenvalue weighted by Gasteiger charge is 2.25. The van der Waals surface area contributed by atoms with Gasteiger partial charge in [-0.05, 0) is 43.2 Å². The lowest BCUT2D eigenvalue weighted by Gasteiger charge is -2.15. The van der Waals surface area contributed by atoms with Crippen molar-refractivity contribution in [3.63, 3.8) is 0 Å². The van der Waals surface area contributed by atoms with Gasteiger partial charge in [-0.1, -0.05) is 29.8 Å². The van der Waals surface area contributed by atoms with Crippen molar-refractivity contribution < 1.29 is 22.7 Å². The number of sulfonamides is 1. The van der Waals surface area contributed by atoms with Gasteiger partial charge in [-0.15, -0.1) is 0 Å². The first-order chi connectivity index (χ1) is 10.8. The number of aliphatic carboxylic acids is 1. The molecule has 0 aromatic heterocycles. The topological polar surface area (TPSA) is 83.5 Å².